The van der Waals surface area contributed by atoms with Gasteiger partial charge in [-0.3, -0.25) is 10.1 Å². The van der Waals surface area contributed by atoms with Crippen molar-refractivity contribution in [3.63, 3.8) is 0 Å². The van der Waals surface area contributed by atoms with Gasteiger partial charge in [0, 0.05) is 22.0 Å². The third-order valence-electron chi connectivity index (χ3n) is 3.91. The zero-order chi connectivity index (χ0) is 18.5. The van der Waals surface area contributed by atoms with Crippen LogP contribution in [-0.4, -0.2) is 10.9 Å². The molecule has 0 fully saturated rings. The van der Waals surface area contributed by atoms with Crippen LogP contribution in [0.5, 0.6) is 0 Å². The minimum Gasteiger partial charge on any atom is -0.298 e. The van der Waals surface area contributed by atoms with Gasteiger partial charge in [-0.2, -0.15) is 0 Å². The predicted octanol–water partition coefficient (Wildman–Crippen LogP) is 6.24. The van der Waals surface area contributed by atoms with Crippen molar-refractivity contribution in [1.29, 1.82) is 0 Å². The quantitative estimate of drug-likeness (QED) is 0.530. The van der Waals surface area contributed by atoms with Gasteiger partial charge in [-0.25, -0.2) is 4.98 Å². The van der Waals surface area contributed by atoms with E-state index in [0.717, 1.165) is 16.8 Å². The van der Waals surface area contributed by atoms with E-state index < -0.39 is 0 Å². The van der Waals surface area contributed by atoms with Gasteiger partial charge >= 0.3 is 0 Å². The second-order valence-corrected chi connectivity index (χ2v) is 7.43. The molecule has 26 heavy (non-hydrogen) atoms. The molecule has 5 heteroatoms. The summed E-state index contributed by atoms with van der Waals surface area (Å²) in [6, 6.07) is 15.7. The fourth-order valence-corrected chi connectivity index (χ4v) is 3.38. The topological polar surface area (TPSA) is 42.0 Å². The van der Waals surface area contributed by atoms with Crippen molar-refractivity contribution >= 4 is 40.1 Å². The molecule has 0 aliphatic heterocycles. The Hall–Kier alpha value is -2.43. The number of nitrogens with one attached hydrogen (secondary N) is 1. The summed E-state index contributed by atoms with van der Waals surface area (Å²) in [7, 11) is 0. The van der Waals surface area contributed by atoms with Gasteiger partial charge in [0.1, 0.15) is 0 Å². The van der Waals surface area contributed by atoms with Crippen LogP contribution in [-0.2, 0) is 4.79 Å². The molecule has 0 atom stereocenters. The first-order chi connectivity index (χ1) is 12.5. The van der Waals surface area contributed by atoms with Crippen LogP contribution >= 0.6 is 22.9 Å². The standard InChI is InChI=1S/C21H19ClN2OS/c1-14(2)16-10-7-15(8-11-16)9-12-20(25)24-21-23-19(13-26-21)17-5-3-4-6-18(17)22/h3-14H,1-2H3,(H,23,24,25)/b12-9+. The Labute approximate surface area is 162 Å². The summed E-state index contributed by atoms with van der Waals surface area (Å²) >= 11 is 7.56. The largest absolute Gasteiger partial charge is 0.298 e. The molecule has 0 aliphatic rings. The van der Waals surface area contributed by atoms with Crippen LogP contribution in [0.3, 0.4) is 0 Å². The number of carbonyl (C=O) groups is 1. The molecule has 1 N–H and O–H groups in total. The van der Waals surface area contributed by atoms with Crippen molar-refractivity contribution in [2.24, 2.45) is 0 Å². The molecule has 0 unspecified atom stereocenters. The van der Waals surface area contributed by atoms with E-state index in [1.54, 1.807) is 6.08 Å². The fourth-order valence-electron chi connectivity index (χ4n) is 2.43. The maximum atomic E-state index is 12.1. The lowest BCUT2D eigenvalue weighted by Crippen LogP contribution is -2.07. The lowest BCUT2D eigenvalue weighted by Gasteiger charge is -2.04. The smallest absolute Gasteiger partial charge is 0.250 e. The van der Waals surface area contributed by atoms with E-state index in [1.165, 1.54) is 23.0 Å². The van der Waals surface area contributed by atoms with Gasteiger partial charge < -0.3 is 0 Å². The van der Waals surface area contributed by atoms with Crippen molar-refractivity contribution in [1.82, 2.24) is 4.98 Å². The van der Waals surface area contributed by atoms with Crippen molar-refractivity contribution in [3.05, 3.63) is 76.1 Å². The number of amides is 1. The molecule has 0 radical (unpaired) electrons. The zero-order valence-electron chi connectivity index (χ0n) is 14.6. The first kappa shape index (κ1) is 18.4. The molecule has 1 aromatic heterocycles. The van der Waals surface area contributed by atoms with Crippen LogP contribution in [0.4, 0.5) is 5.13 Å². The van der Waals surface area contributed by atoms with Crippen molar-refractivity contribution < 1.29 is 4.79 Å². The molecule has 1 heterocycles. The number of anilines is 1. The first-order valence-electron chi connectivity index (χ1n) is 8.32. The van der Waals surface area contributed by atoms with E-state index in [1.807, 2.05) is 41.8 Å². The van der Waals surface area contributed by atoms with Crippen LogP contribution in [0.1, 0.15) is 30.9 Å². The molecular formula is C21H19ClN2OS. The van der Waals surface area contributed by atoms with Crippen molar-refractivity contribution in [2.45, 2.75) is 19.8 Å². The monoisotopic (exact) mass is 382 g/mol. The molecular weight excluding hydrogens is 364 g/mol. The Morgan fingerprint density at radius 3 is 2.58 bits per heavy atom. The number of carbonyl (C=O) groups excluding carboxylic acids is 1. The molecule has 0 aliphatic carbocycles. The summed E-state index contributed by atoms with van der Waals surface area (Å²) < 4.78 is 0. The number of hydrogen-bond donors (Lipinski definition) is 1. The Bertz CT molecular complexity index is 929. The maximum absolute atomic E-state index is 12.1. The second-order valence-electron chi connectivity index (χ2n) is 6.16. The SMILES string of the molecule is CC(C)c1ccc(/C=C/C(=O)Nc2nc(-c3ccccc3Cl)cs2)cc1. The number of halogens is 1. The number of benzene rings is 2. The van der Waals surface area contributed by atoms with Crippen molar-refractivity contribution in [3.8, 4) is 11.3 Å². The van der Waals surface area contributed by atoms with E-state index in [0.29, 0.717) is 16.1 Å². The van der Waals surface area contributed by atoms with Crippen LogP contribution in [0.25, 0.3) is 17.3 Å². The maximum Gasteiger partial charge on any atom is 0.250 e. The molecule has 3 aromatic rings. The molecule has 2 aromatic carbocycles. The van der Waals surface area contributed by atoms with Gasteiger partial charge in [0.05, 0.1) is 5.69 Å². The molecule has 3 nitrogen and oxygen atoms in total. The van der Waals surface area contributed by atoms with E-state index in [-0.39, 0.29) is 5.91 Å². The Morgan fingerprint density at radius 2 is 1.88 bits per heavy atom. The number of thiazole rings is 1. The average molecular weight is 383 g/mol. The molecule has 3 rings (SSSR count). The van der Waals surface area contributed by atoms with Crippen LogP contribution < -0.4 is 5.32 Å². The summed E-state index contributed by atoms with van der Waals surface area (Å²) in [6.45, 7) is 4.31. The minimum absolute atomic E-state index is 0.210. The van der Waals surface area contributed by atoms with Crippen LogP contribution in [0, 0.1) is 0 Å². The average Bonchev–Trinajstić information content (AvgIpc) is 3.09. The summed E-state index contributed by atoms with van der Waals surface area (Å²) in [5.74, 6) is 0.284. The Morgan fingerprint density at radius 1 is 1.15 bits per heavy atom. The number of rotatable bonds is 5. The lowest BCUT2D eigenvalue weighted by atomic mass is 10.0. The normalized spacial score (nSPS) is 11.2. The fraction of sp³-hybridized carbons (Fsp3) is 0.143. The van der Waals surface area contributed by atoms with E-state index in [4.69, 9.17) is 11.6 Å². The highest BCUT2D eigenvalue weighted by Crippen LogP contribution is 2.30. The van der Waals surface area contributed by atoms with E-state index in [2.05, 4.69) is 36.3 Å². The third-order valence-corrected chi connectivity index (χ3v) is 5.00. The highest BCUT2D eigenvalue weighted by molar-refractivity contribution is 7.14. The summed E-state index contributed by atoms with van der Waals surface area (Å²) in [6.07, 6.45) is 3.31. The van der Waals surface area contributed by atoms with Crippen LogP contribution in [0.2, 0.25) is 5.02 Å². The molecule has 0 saturated heterocycles. The van der Waals surface area contributed by atoms with E-state index in [9.17, 15) is 4.79 Å². The van der Waals surface area contributed by atoms with Gasteiger partial charge in [-0.05, 0) is 29.2 Å². The molecule has 0 spiro atoms. The van der Waals surface area contributed by atoms with Gasteiger partial charge in [0.15, 0.2) is 5.13 Å². The zero-order valence-corrected chi connectivity index (χ0v) is 16.1. The van der Waals surface area contributed by atoms with Gasteiger partial charge in [0.2, 0.25) is 5.91 Å². The lowest BCUT2D eigenvalue weighted by molar-refractivity contribution is -0.111. The predicted molar refractivity (Wildman–Crippen MR) is 111 cm³/mol. The van der Waals surface area contributed by atoms with Crippen molar-refractivity contribution in [2.75, 3.05) is 5.32 Å². The highest BCUT2D eigenvalue weighted by Gasteiger charge is 2.09. The molecule has 0 bridgehead atoms. The third kappa shape index (κ3) is 4.59. The van der Waals surface area contributed by atoms with Gasteiger partial charge in [-0.1, -0.05) is 67.9 Å². The van der Waals surface area contributed by atoms with Gasteiger partial charge in [0.25, 0.3) is 0 Å². The summed E-state index contributed by atoms with van der Waals surface area (Å²) in [5.41, 5.74) is 3.87. The van der Waals surface area contributed by atoms with Gasteiger partial charge in [-0.15, -0.1) is 11.3 Å². The second kappa shape index (κ2) is 8.30. The number of aromatic nitrogens is 1. The van der Waals surface area contributed by atoms with Crippen LogP contribution in [0.15, 0.2) is 60.0 Å². The molecule has 132 valence electrons. The Balaban J connectivity index is 1.64. The number of hydrogen-bond acceptors (Lipinski definition) is 3. The Kier molecular flexibility index (Phi) is 5.86. The molecule has 0 saturated carbocycles. The van der Waals surface area contributed by atoms with E-state index >= 15 is 0 Å². The summed E-state index contributed by atoms with van der Waals surface area (Å²) in [5, 5.41) is 5.86. The minimum atomic E-state index is -0.210. The first-order valence-corrected chi connectivity index (χ1v) is 9.58. The molecule has 1 amide bonds. The number of nitrogens with zero attached hydrogens (tertiary/aromatic N) is 1. The summed E-state index contributed by atoms with van der Waals surface area (Å²) in [4.78, 5) is 16.6. The highest BCUT2D eigenvalue weighted by atomic mass is 35.5.